The monoisotopic (exact) mass is 212 g/mol. The van der Waals surface area contributed by atoms with Crippen LogP contribution in [0, 0.1) is 0 Å². The van der Waals surface area contributed by atoms with Crippen LogP contribution in [0.2, 0.25) is 12.6 Å². The summed E-state index contributed by atoms with van der Waals surface area (Å²) in [4.78, 5) is 0. The van der Waals surface area contributed by atoms with E-state index < -0.39 is 7.38 Å². The van der Waals surface area contributed by atoms with Crippen molar-refractivity contribution in [3.05, 3.63) is 30.3 Å². The fourth-order valence-corrected chi connectivity index (χ4v) is 4.41. The van der Waals surface area contributed by atoms with Gasteiger partial charge in [0.15, 0.2) is 7.38 Å². The number of benzene rings is 1. The van der Waals surface area contributed by atoms with Gasteiger partial charge in [-0.2, -0.15) is 11.1 Å². The summed E-state index contributed by atoms with van der Waals surface area (Å²) in [6.45, 7) is 4.45. The van der Waals surface area contributed by atoms with Gasteiger partial charge in [-0.05, 0) is 11.2 Å². The first-order valence-electron chi connectivity index (χ1n) is 4.91. The fourth-order valence-electron chi connectivity index (χ4n) is 1.44. The van der Waals surface area contributed by atoms with Gasteiger partial charge in [-0.1, -0.05) is 56.6 Å². The van der Waals surface area contributed by atoms with Gasteiger partial charge in [0.05, 0.1) is 0 Å². The third-order valence-corrected chi connectivity index (χ3v) is 6.43. The molecule has 0 amide bonds. The Morgan fingerprint density at radius 1 is 1.23 bits per heavy atom. The summed E-state index contributed by atoms with van der Waals surface area (Å²) >= 11 is 6.58. The van der Waals surface area contributed by atoms with Gasteiger partial charge in [0.2, 0.25) is 0 Å². The number of rotatable bonds is 4. The molecule has 0 saturated heterocycles. The predicted molar refractivity (Wildman–Crippen MR) is 63.3 cm³/mol. The predicted octanol–water partition coefficient (Wildman–Crippen LogP) is 3.51. The summed E-state index contributed by atoms with van der Waals surface area (Å²) in [7, 11) is -1.63. The Hall–Kier alpha value is -0.273. The van der Waals surface area contributed by atoms with Crippen molar-refractivity contribution in [1.82, 2.24) is 0 Å². The highest BCUT2D eigenvalue weighted by molar-refractivity contribution is 7.26. The van der Waals surface area contributed by atoms with E-state index in [2.05, 4.69) is 37.7 Å². The van der Waals surface area contributed by atoms with E-state index in [-0.39, 0.29) is 0 Å². The molecule has 0 fully saturated rings. The second-order valence-electron chi connectivity index (χ2n) is 3.67. The van der Waals surface area contributed by atoms with Crippen LogP contribution in [0.4, 0.5) is 0 Å². The lowest BCUT2D eigenvalue weighted by atomic mass is 10.4. The van der Waals surface area contributed by atoms with Gasteiger partial charge in [-0.3, -0.25) is 0 Å². The third kappa shape index (κ3) is 3.16. The zero-order valence-electron chi connectivity index (χ0n) is 8.39. The normalized spacial score (nSPS) is 15.3. The van der Waals surface area contributed by atoms with E-state index in [1.54, 1.807) is 0 Å². The van der Waals surface area contributed by atoms with E-state index in [1.165, 1.54) is 24.1 Å². The summed E-state index contributed by atoms with van der Waals surface area (Å²) in [5, 5.41) is 1.37. The molecule has 1 aromatic carbocycles. The lowest BCUT2D eigenvalue weighted by molar-refractivity contribution is 0.874. The van der Waals surface area contributed by atoms with Crippen molar-refractivity contribution in [2.45, 2.75) is 32.4 Å². The molecule has 0 saturated carbocycles. The van der Waals surface area contributed by atoms with Gasteiger partial charge in [-0.25, -0.2) is 0 Å². The van der Waals surface area contributed by atoms with E-state index in [1.807, 2.05) is 6.07 Å². The molecule has 0 aliphatic carbocycles. The SMILES string of the molecule is CCCC[Si@@](C)(Cl)c1ccccc1. The molecule has 0 aliphatic rings. The van der Waals surface area contributed by atoms with Crippen LogP contribution in [0.5, 0.6) is 0 Å². The average Bonchev–Trinajstić information content (AvgIpc) is 2.16. The summed E-state index contributed by atoms with van der Waals surface area (Å²) in [6, 6.07) is 11.7. The molecule has 0 nitrogen and oxygen atoms in total. The maximum absolute atomic E-state index is 6.58. The smallest absolute Gasteiger partial charge is 0.161 e. The Kier molecular flexibility index (Phi) is 4.01. The topological polar surface area (TPSA) is 0 Å². The first-order valence-corrected chi connectivity index (χ1v) is 8.63. The molecule has 2 heteroatoms. The van der Waals surface area contributed by atoms with Crippen molar-refractivity contribution < 1.29 is 0 Å². The molecule has 0 heterocycles. The van der Waals surface area contributed by atoms with Crippen LogP contribution in [0.3, 0.4) is 0 Å². The first kappa shape index (κ1) is 10.8. The summed E-state index contributed by atoms with van der Waals surface area (Å²) < 4.78 is 0. The highest BCUT2D eigenvalue weighted by atomic mass is 35.6. The molecule has 0 N–H and O–H groups in total. The number of hydrogen-bond donors (Lipinski definition) is 0. The van der Waals surface area contributed by atoms with Crippen LogP contribution < -0.4 is 5.19 Å². The lowest BCUT2D eigenvalue weighted by Gasteiger charge is -2.19. The zero-order chi connectivity index (χ0) is 9.73. The first-order chi connectivity index (χ1) is 6.17. The van der Waals surface area contributed by atoms with Crippen LogP contribution in [0.15, 0.2) is 30.3 Å². The molecule has 0 aromatic heterocycles. The van der Waals surface area contributed by atoms with Crippen molar-refractivity contribution >= 4 is 23.6 Å². The lowest BCUT2D eigenvalue weighted by Crippen LogP contribution is -2.38. The molecule has 0 unspecified atom stereocenters. The molecule has 1 aromatic rings. The fraction of sp³-hybridized carbons (Fsp3) is 0.455. The Balaban J connectivity index is 2.69. The molecule has 0 spiro atoms. The van der Waals surface area contributed by atoms with Crippen molar-refractivity contribution in [2.75, 3.05) is 0 Å². The largest absolute Gasteiger partial charge is 0.183 e. The van der Waals surface area contributed by atoms with Crippen molar-refractivity contribution in [2.24, 2.45) is 0 Å². The molecule has 1 atom stereocenters. The van der Waals surface area contributed by atoms with E-state index in [4.69, 9.17) is 11.1 Å². The van der Waals surface area contributed by atoms with Crippen molar-refractivity contribution in [3.63, 3.8) is 0 Å². The van der Waals surface area contributed by atoms with Gasteiger partial charge in [0, 0.05) is 0 Å². The number of hydrogen-bond acceptors (Lipinski definition) is 0. The minimum absolute atomic E-state index is 1.19. The minimum atomic E-state index is -1.63. The van der Waals surface area contributed by atoms with Gasteiger partial charge in [-0.15, -0.1) is 0 Å². The van der Waals surface area contributed by atoms with Crippen molar-refractivity contribution in [3.8, 4) is 0 Å². The molecule has 13 heavy (non-hydrogen) atoms. The van der Waals surface area contributed by atoms with E-state index in [9.17, 15) is 0 Å². The summed E-state index contributed by atoms with van der Waals surface area (Å²) in [6.07, 6.45) is 2.49. The Morgan fingerprint density at radius 3 is 2.38 bits per heavy atom. The van der Waals surface area contributed by atoms with Crippen LogP contribution in [-0.2, 0) is 0 Å². The van der Waals surface area contributed by atoms with Crippen LogP contribution in [0.25, 0.3) is 0 Å². The minimum Gasteiger partial charge on any atom is -0.161 e. The van der Waals surface area contributed by atoms with Crippen LogP contribution in [-0.4, -0.2) is 7.38 Å². The third-order valence-electron chi connectivity index (χ3n) is 2.38. The number of unbranched alkanes of at least 4 members (excludes halogenated alkanes) is 1. The highest BCUT2D eigenvalue weighted by Gasteiger charge is 2.25. The maximum atomic E-state index is 6.58. The number of halogens is 1. The standard InChI is InChI=1S/C11H17ClSi/c1-3-4-10-13(2,12)11-8-6-5-7-9-11/h5-9H,3-4,10H2,1-2H3/t13-/m1/s1. The Bertz CT molecular complexity index is 244. The maximum Gasteiger partial charge on any atom is 0.183 e. The summed E-state index contributed by atoms with van der Waals surface area (Å²) in [5.41, 5.74) is 0. The molecule has 0 radical (unpaired) electrons. The molecule has 72 valence electrons. The molecule has 0 aliphatic heterocycles. The molecule has 0 bridgehead atoms. The van der Waals surface area contributed by atoms with Gasteiger partial charge in [0.1, 0.15) is 0 Å². The quantitative estimate of drug-likeness (QED) is 0.530. The average molecular weight is 213 g/mol. The van der Waals surface area contributed by atoms with E-state index in [0.717, 1.165) is 0 Å². The molecular formula is C11H17ClSi. The van der Waals surface area contributed by atoms with Crippen LogP contribution >= 0.6 is 11.1 Å². The summed E-state index contributed by atoms with van der Waals surface area (Å²) in [5.74, 6) is 0. The second-order valence-corrected chi connectivity index (χ2v) is 9.64. The van der Waals surface area contributed by atoms with Gasteiger partial charge < -0.3 is 0 Å². The Labute approximate surface area is 86.6 Å². The van der Waals surface area contributed by atoms with E-state index in [0.29, 0.717) is 0 Å². The second kappa shape index (κ2) is 4.82. The highest BCUT2D eigenvalue weighted by Crippen LogP contribution is 2.18. The molecule has 1 rings (SSSR count). The van der Waals surface area contributed by atoms with Crippen LogP contribution in [0.1, 0.15) is 19.8 Å². The zero-order valence-corrected chi connectivity index (χ0v) is 10.1. The molecular weight excluding hydrogens is 196 g/mol. The Morgan fingerprint density at radius 2 is 1.85 bits per heavy atom. The van der Waals surface area contributed by atoms with Gasteiger partial charge in [0.25, 0.3) is 0 Å². The van der Waals surface area contributed by atoms with Crippen molar-refractivity contribution in [1.29, 1.82) is 0 Å². The van der Waals surface area contributed by atoms with E-state index >= 15 is 0 Å². The van der Waals surface area contributed by atoms with Gasteiger partial charge >= 0.3 is 0 Å².